The predicted octanol–water partition coefficient (Wildman–Crippen LogP) is 6.47. The van der Waals surface area contributed by atoms with Crippen LogP contribution in [0, 0.1) is 23.2 Å². The van der Waals surface area contributed by atoms with E-state index < -0.39 is 5.95 Å². The molecule has 1 heterocycles. The van der Waals surface area contributed by atoms with E-state index in [1.54, 1.807) is 6.07 Å². The molecule has 0 fully saturated rings. The van der Waals surface area contributed by atoms with Crippen LogP contribution in [-0.2, 0) is 0 Å². The van der Waals surface area contributed by atoms with Crippen molar-refractivity contribution in [2.45, 2.75) is 78.6 Å². The third kappa shape index (κ3) is 9.27. The first-order chi connectivity index (χ1) is 11.3. The van der Waals surface area contributed by atoms with Crippen LogP contribution in [0.1, 0.15) is 84.1 Å². The zero-order valence-electron chi connectivity index (χ0n) is 15.2. The number of nitrogens with zero attached hydrogens (tertiary/aromatic N) is 1. The highest BCUT2D eigenvalue weighted by molar-refractivity contribution is 9.10. The number of nitrogen functional groups attached to an aromatic ring is 1. The summed E-state index contributed by atoms with van der Waals surface area (Å²) in [5.74, 6) is 5.64. The average Bonchev–Trinajstić information content (AvgIpc) is 2.48. The van der Waals surface area contributed by atoms with Crippen molar-refractivity contribution >= 4 is 21.7 Å². The zero-order valence-corrected chi connectivity index (χ0v) is 16.8. The molecule has 0 saturated carbocycles. The van der Waals surface area contributed by atoms with Crippen LogP contribution < -0.4 is 5.73 Å². The number of unbranched alkanes of at least 4 members (excludes halogenated alkanes) is 7. The van der Waals surface area contributed by atoms with Crippen molar-refractivity contribution in [3.63, 3.8) is 0 Å². The van der Waals surface area contributed by atoms with E-state index in [1.807, 2.05) is 0 Å². The van der Waals surface area contributed by atoms with Gasteiger partial charge >= 0.3 is 0 Å². The number of aromatic nitrogens is 1. The number of hydrogen-bond acceptors (Lipinski definition) is 2. The minimum atomic E-state index is -0.597. The Morgan fingerprint density at radius 2 is 1.67 bits per heavy atom. The summed E-state index contributed by atoms with van der Waals surface area (Å²) in [4.78, 5) is 3.61. The lowest BCUT2D eigenvalue weighted by Gasteiger charge is -2.17. The van der Waals surface area contributed by atoms with Gasteiger partial charge in [-0.1, -0.05) is 71.1 Å². The van der Waals surface area contributed by atoms with Gasteiger partial charge in [0.25, 0.3) is 0 Å². The Balaban J connectivity index is 2.10. The van der Waals surface area contributed by atoms with Crippen LogP contribution in [0.25, 0.3) is 0 Å². The number of halogens is 2. The quantitative estimate of drug-likeness (QED) is 0.310. The molecule has 2 nitrogen and oxygen atoms in total. The molecule has 0 unspecified atom stereocenters. The molecule has 2 N–H and O–H groups in total. The van der Waals surface area contributed by atoms with Crippen molar-refractivity contribution in [2.75, 3.05) is 5.73 Å². The molecule has 1 aromatic rings. The Morgan fingerprint density at radius 1 is 1.08 bits per heavy atom. The van der Waals surface area contributed by atoms with E-state index in [0.717, 1.165) is 12.8 Å². The molecule has 4 heteroatoms. The minimum absolute atomic E-state index is 0.151. The van der Waals surface area contributed by atoms with Gasteiger partial charge in [-0.05, 0) is 40.3 Å². The molecule has 0 atom stereocenters. The van der Waals surface area contributed by atoms with Gasteiger partial charge in [0.2, 0.25) is 5.95 Å². The van der Waals surface area contributed by atoms with Gasteiger partial charge in [0.1, 0.15) is 5.82 Å². The van der Waals surface area contributed by atoms with Gasteiger partial charge in [-0.25, -0.2) is 4.98 Å². The van der Waals surface area contributed by atoms with Gasteiger partial charge in [-0.2, -0.15) is 4.39 Å². The fraction of sp³-hybridized carbons (Fsp3) is 0.650. The lowest BCUT2D eigenvalue weighted by atomic mass is 9.89. The molecular weight excluding hydrogens is 367 g/mol. The molecule has 0 bridgehead atoms. The summed E-state index contributed by atoms with van der Waals surface area (Å²) in [5, 5.41) is 0. The molecule has 134 valence electrons. The van der Waals surface area contributed by atoms with Crippen LogP contribution in [0.15, 0.2) is 10.5 Å². The summed E-state index contributed by atoms with van der Waals surface area (Å²) in [5.41, 5.74) is 6.72. The summed E-state index contributed by atoms with van der Waals surface area (Å²) in [6.45, 7) is 6.92. The number of anilines is 1. The minimum Gasteiger partial charge on any atom is -0.383 e. The standard InChI is InChI=1S/C20H30BrFN2/c1-20(2,3)14-12-10-8-6-4-5-7-9-11-13-16-15-17(21)18(22)24-19(16)23/h15H,4-10,12,14H2,1-3H3,(H2,23,24). The lowest BCUT2D eigenvalue weighted by molar-refractivity contribution is 0.356. The SMILES string of the molecule is CC(C)(C)CCCCCCCCCC#Cc1cc(Br)c(F)nc1N. The summed E-state index contributed by atoms with van der Waals surface area (Å²) >= 11 is 3.10. The molecular formula is C20H30BrFN2. The highest BCUT2D eigenvalue weighted by Gasteiger charge is 2.08. The molecule has 0 amide bonds. The van der Waals surface area contributed by atoms with Crippen molar-refractivity contribution in [1.82, 2.24) is 4.98 Å². The van der Waals surface area contributed by atoms with Crippen molar-refractivity contribution in [2.24, 2.45) is 5.41 Å². The molecule has 1 aromatic heterocycles. The number of hydrogen-bond donors (Lipinski definition) is 1. The molecule has 24 heavy (non-hydrogen) atoms. The number of rotatable bonds is 8. The van der Waals surface area contributed by atoms with Crippen LogP contribution in [0.3, 0.4) is 0 Å². The van der Waals surface area contributed by atoms with E-state index >= 15 is 0 Å². The third-order valence-electron chi connectivity index (χ3n) is 3.91. The summed E-state index contributed by atoms with van der Waals surface area (Å²) < 4.78 is 13.5. The fourth-order valence-corrected chi connectivity index (χ4v) is 2.81. The highest BCUT2D eigenvalue weighted by atomic mass is 79.9. The van der Waals surface area contributed by atoms with Gasteiger partial charge in [0.15, 0.2) is 0 Å². The van der Waals surface area contributed by atoms with E-state index in [-0.39, 0.29) is 5.82 Å². The maximum absolute atomic E-state index is 13.2. The monoisotopic (exact) mass is 396 g/mol. The lowest BCUT2D eigenvalue weighted by Crippen LogP contribution is -2.03. The highest BCUT2D eigenvalue weighted by Crippen LogP contribution is 2.22. The van der Waals surface area contributed by atoms with Crippen LogP contribution in [0.4, 0.5) is 10.2 Å². The van der Waals surface area contributed by atoms with E-state index in [0.29, 0.717) is 15.5 Å². The number of pyridine rings is 1. The van der Waals surface area contributed by atoms with E-state index in [4.69, 9.17) is 5.73 Å². The Morgan fingerprint density at radius 3 is 2.29 bits per heavy atom. The first kappa shape index (κ1) is 21.0. The molecule has 0 radical (unpaired) electrons. The first-order valence-corrected chi connectivity index (χ1v) is 9.69. The molecule has 1 rings (SSSR count). The van der Waals surface area contributed by atoms with E-state index in [2.05, 4.69) is 53.5 Å². The largest absolute Gasteiger partial charge is 0.383 e. The predicted molar refractivity (Wildman–Crippen MR) is 104 cm³/mol. The topological polar surface area (TPSA) is 38.9 Å². The van der Waals surface area contributed by atoms with Gasteiger partial charge in [0.05, 0.1) is 10.0 Å². The number of nitrogens with two attached hydrogens (primary N) is 1. The second-order valence-corrected chi connectivity index (χ2v) is 8.39. The van der Waals surface area contributed by atoms with Crippen LogP contribution in [0.2, 0.25) is 0 Å². The molecule has 0 aliphatic heterocycles. The Hall–Kier alpha value is -1.08. The van der Waals surface area contributed by atoms with Crippen LogP contribution >= 0.6 is 15.9 Å². The molecule has 0 aliphatic rings. The van der Waals surface area contributed by atoms with Gasteiger partial charge in [-0.15, -0.1) is 0 Å². The van der Waals surface area contributed by atoms with Crippen molar-refractivity contribution in [3.8, 4) is 11.8 Å². The third-order valence-corrected chi connectivity index (χ3v) is 4.47. The average molecular weight is 397 g/mol. The fourth-order valence-electron chi connectivity index (χ4n) is 2.49. The zero-order chi connectivity index (χ0) is 18.0. The second kappa shape index (κ2) is 10.7. The summed E-state index contributed by atoms with van der Waals surface area (Å²) in [7, 11) is 0. The van der Waals surface area contributed by atoms with Gasteiger partial charge in [0, 0.05) is 6.42 Å². The van der Waals surface area contributed by atoms with Crippen molar-refractivity contribution < 1.29 is 4.39 Å². The summed E-state index contributed by atoms with van der Waals surface area (Å²) in [6.07, 6.45) is 11.1. The molecule has 0 saturated heterocycles. The van der Waals surface area contributed by atoms with Crippen LogP contribution in [-0.4, -0.2) is 4.98 Å². The van der Waals surface area contributed by atoms with Gasteiger partial charge in [-0.3, -0.25) is 0 Å². The van der Waals surface area contributed by atoms with Crippen molar-refractivity contribution in [3.05, 3.63) is 22.1 Å². The maximum atomic E-state index is 13.2. The molecule has 0 spiro atoms. The molecule has 0 aromatic carbocycles. The second-order valence-electron chi connectivity index (χ2n) is 7.53. The maximum Gasteiger partial charge on any atom is 0.229 e. The molecule has 0 aliphatic carbocycles. The smallest absolute Gasteiger partial charge is 0.229 e. The van der Waals surface area contributed by atoms with Crippen molar-refractivity contribution in [1.29, 1.82) is 0 Å². The van der Waals surface area contributed by atoms with Gasteiger partial charge < -0.3 is 5.73 Å². The van der Waals surface area contributed by atoms with E-state index in [9.17, 15) is 4.39 Å². The Kier molecular flexibility index (Phi) is 9.36. The van der Waals surface area contributed by atoms with E-state index in [1.165, 1.54) is 44.9 Å². The Bertz CT molecular complexity index is 567. The normalized spacial score (nSPS) is 11.2. The Labute approximate surface area is 154 Å². The first-order valence-electron chi connectivity index (χ1n) is 8.90. The van der Waals surface area contributed by atoms with Crippen LogP contribution in [0.5, 0.6) is 0 Å². The summed E-state index contributed by atoms with van der Waals surface area (Å²) in [6, 6.07) is 1.59.